The summed E-state index contributed by atoms with van der Waals surface area (Å²) in [7, 11) is 1.12. The lowest BCUT2D eigenvalue weighted by molar-refractivity contribution is -0.275. The van der Waals surface area contributed by atoms with Crippen molar-refractivity contribution < 1.29 is 45.7 Å². The van der Waals surface area contributed by atoms with Gasteiger partial charge in [-0.3, -0.25) is 9.36 Å². The van der Waals surface area contributed by atoms with Gasteiger partial charge in [0.2, 0.25) is 5.82 Å². The van der Waals surface area contributed by atoms with Crippen molar-refractivity contribution in [1.82, 2.24) is 14.8 Å². The summed E-state index contributed by atoms with van der Waals surface area (Å²) < 4.78 is 91.4. The fourth-order valence-electron chi connectivity index (χ4n) is 3.83. The second-order valence-corrected chi connectivity index (χ2v) is 9.20. The number of aliphatic carboxylic acids is 1. The summed E-state index contributed by atoms with van der Waals surface area (Å²) in [5, 5.41) is 14.0. The maximum atomic E-state index is 13.8. The van der Waals surface area contributed by atoms with Crippen molar-refractivity contribution in [3.8, 4) is 17.2 Å². The molecule has 0 saturated carbocycles. The van der Waals surface area contributed by atoms with Gasteiger partial charge in [0.25, 0.3) is 0 Å². The first kappa shape index (κ1) is 25.9. The van der Waals surface area contributed by atoms with E-state index in [-0.39, 0.29) is 33.4 Å². The first-order valence-electron chi connectivity index (χ1n) is 9.92. The van der Waals surface area contributed by atoms with Crippen LogP contribution in [0.5, 0.6) is 11.5 Å². The predicted octanol–water partition coefficient (Wildman–Crippen LogP) is 6.20. The fraction of sp³-hybridized carbons (Fsp3) is 0.286. The molecule has 0 spiro atoms. The minimum Gasteiger partial charge on any atom is -0.493 e. The first-order chi connectivity index (χ1) is 16.8. The number of carboxylic acids is 1. The van der Waals surface area contributed by atoms with Gasteiger partial charge in [0.05, 0.1) is 29.7 Å². The van der Waals surface area contributed by atoms with E-state index in [1.165, 1.54) is 36.4 Å². The molecule has 15 heteroatoms. The fourth-order valence-corrected chi connectivity index (χ4v) is 5.52. The summed E-state index contributed by atoms with van der Waals surface area (Å²) >= 11 is 6.92. The maximum Gasteiger partial charge on any atom is 0.573 e. The Balaban J connectivity index is 2.03. The zero-order valence-electron chi connectivity index (χ0n) is 17.9. The lowest BCUT2D eigenvalue weighted by Gasteiger charge is -2.24. The number of rotatable bonds is 5. The van der Waals surface area contributed by atoms with Gasteiger partial charge in [0.15, 0.2) is 17.3 Å². The van der Waals surface area contributed by atoms with Gasteiger partial charge in [0, 0.05) is 10.6 Å². The Bertz CT molecular complexity index is 1310. The largest absolute Gasteiger partial charge is 0.573 e. The number of thioether (sulfide) groups is 1. The standard InChI is InChI=1S/C21H14ClF6N3O4S/c1-34-13-4-2-3-10(16(13)35-21(26,27)28)17-11-7-9(22)5-6-12(11)31-18(14(36-17)8-15(32)33)29-30-19(31)20(23,24)25/h2-7,14,17H,8H2,1H3,(H,32,33)/t14-,17-/m0/s1. The predicted molar refractivity (Wildman–Crippen MR) is 115 cm³/mol. The molecule has 0 amide bonds. The summed E-state index contributed by atoms with van der Waals surface area (Å²) in [6.07, 6.45) is -10.8. The van der Waals surface area contributed by atoms with E-state index in [2.05, 4.69) is 14.9 Å². The number of fused-ring (bicyclic) bond motifs is 3. The number of alkyl halides is 6. The molecular formula is C21H14ClF6N3O4S. The molecule has 2 heterocycles. The van der Waals surface area contributed by atoms with Gasteiger partial charge in [-0.15, -0.1) is 35.1 Å². The topological polar surface area (TPSA) is 86.5 Å². The van der Waals surface area contributed by atoms with Gasteiger partial charge >= 0.3 is 18.5 Å². The van der Waals surface area contributed by atoms with Crippen LogP contribution in [0.25, 0.3) is 5.69 Å². The molecule has 2 atom stereocenters. The molecule has 7 nitrogen and oxygen atoms in total. The third kappa shape index (κ3) is 5.05. The molecule has 1 aromatic heterocycles. The number of benzene rings is 2. The van der Waals surface area contributed by atoms with Crippen molar-refractivity contribution in [3.05, 3.63) is 64.2 Å². The second-order valence-electron chi connectivity index (χ2n) is 7.45. The molecule has 0 radical (unpaired) electrons. The van der Waals surface area contributed by atoms with Crippen molar-refractivity contribution in [1.29, 1.82) is 0 Å². The highest BCUT2D eigenvalue weighted by Gasteiger charge is 2.44. The van der Waals surface area contributed by atoms with E-state index in [0.29, 0.717) is 4.57 Å². The highest BCUT2D eigenvalue weighted by Crippen LogP contribution is 2.55. The minimum atomic E-state index is -5.13. The Kier molecular flexibility index (Phi) is 6.77. The van der Waals surface area contributed by atoms with Gasteiger partial charge in [0.1, 0.15) is 0 Å². The lowest BCUT2D eigenvalue weighted by Crippen LogP contribution is -2.19. The normalized spacial score (nSPS) is 17.7. The average molecular weight is 554 g/mol. The molecule has 192 valence electrons. The van der Waals surface area contributed by atoms with Gasteiger partial charge < -0.3 is 14.6 Å². The van der Waals surface area contributed by atoms with E-state index in [9.17, 15) is 36.2 Å². The molecule has 1 aliphatic rings. The van der Waals surface area contributed by atoms with Gasteiger partial charge in [-0.25, -0.2) is 0 Å². The number of methoxy groups -OCH3 is 1. The number of hydrogen-bond donors (Lipinski definition) is 1. The molecule has 4 rings (SSSR count). The quantitative estimate of drug-likeness (QED) is 0.377. The smallest absolute Gasteiger partial charge is 0.493 e. The van der Waals surface area contributed by atoms with Gasteiger partial charge in [-0.2, -0.15) is 13.2 Å². The van der Waals surface area contributed by atoms with Crippen molar-refractivity contribution in [2.45, 2.75) is 29.5 Å². The van der Waals surface area contributed by atoms with E-state index in [1.54, 1.807) is 0 Å². The van der Waals surface area contributed by atoms with Gasteiger partial charge in [-0.1, -0.05) is 23.7 Å². The summed E-state index contributed by atoms with van der Waals surface area (Å²) in [6.45, 7) is 0. The van der Waals surface area contributed by atoms with Crippen LogP contribution < -0.4 is 9.47 Å². The van der Waals surface area contributed by atoms with Crippen LogP contribution in [0.3, 0.4) is 0 Å². The first-order valence-corrected chi connectivity index (χ1v) is 11.2. The zero-order valence-corrected chi connectivity index (χ0v) is 19.5. The monoisotopic (exact) mass is 553 g/mol. The molecule has 1 aliphatic heterocycles. The Morgan fingerprint density at radius 2 is 1.86 bits per heavy atom. The average Bonchev–Trinajstić information content (AvgIpc) is 3.16. The highest BCUT2D eigenvalue weighted by atomic mass is 35.5. The SMILES string of the molecule is COc1cccc([C@@H]2S[C@@H](CC(=O)O)c3nnc(C(F)(F)F)n3-c3ccc(Cl)cc32)c1OC(F)(F)F. The van der Waals surface area contributed by atoms with E-state index >= 15 is 0 Å². The molecule has 2 aromatic carbocycles. The lowest BCUT2D eigenvalue weighted by atomic mass is 10.0. The molecule has 0 unspecified atom stereocenters. The van der Waals surface area contributed by atoms with Crippen LogP contribution in [-0.4, -0.2) is 39.3 Å². The van der Waals surface area contributed by atoms with E-state index in [4.69, 9.17) is 16.3 Å². The Labute approximate surface area is 208 Å². The van der Waals surface area contributed by atoms with Crippen LogP contribution in [-0.2, 0) is 11.0 Å². The van der Waals surface area contributed by atoms with E-state index in [1.807, 2.05) is 0 Å². The van der Waals surface area contributed by atoms with Crippen LogP contribution in [0.4, 0.5) is 26.3 Å². The zero-order chi connectivity index (χ0) is 26.4. The van der Waals surface area contributed by atoms with Crippen molar-refractivity contribution in [2.75, 3.05) is 7.11 Å². The summed E-state index contributed by atoms with van der Waals surface area (Å²) in [4.78, 5) is 11.6. The molecule has 0 fully saturated rings. The second kappa shape index (κ2) is 9.39. The molecule has 36 heavy (non-hydrogen) atoms. The van der Waals surface area contributed by atoms with Crippen LogP contribution in [0.1, 0.15) is 39.7 Å². The molecule has 0 bridgehead atoms. The van der Waals surface area contributed by atoms with Crippen molar-refractivity contribution >= 4 is 29.3 Å². The number of nitrogens with zero attached hydrogens (tertiary/aromatic N) is 3. The number of aromatic nitrogens is 3. The van der Waals surface area contributed by atoms with Crippen molar-refractivity contribution in [3.63, 3.8) is 0 Å². The third-order valence-corrected chi connectivity index (χ3v) is 6.85. The molecule has 1 N–H and O–H groups in total. The molecular weight excluding hydrogens is 540 g/mol. The summed E-state index contributed by atoms with van der Waals surface area (Å²) in [5.74, 6) is -4.13. The third-order valence-electron chi connectivity index (χ3n) is 5.13. The summed E-state index contributed by atoms with van der Waals surface area (Å²) in [5.41, 5.74) is -0.187. The number of hydrogen-bond acceptors (Lipinski definition) is 6. The minimum absolute atomic E-state index is 0.0622. The number of halogens is 7. The maximum absolute atomic E-state index is 13.8. The highest BCUT2D eigenvalue weighted by molar-refractivity contribution is 8.00. The Morgan fingerprint density at radius 1 is 1.14 bits per heavy atom. The molecule has 3 aromatic rings. The van der Waals surface area contributed by atoms with Crippen molar-refractivity contribution in [2.24, 2.45) is 0 Å². The molecule has 0 saturated heterocycles. The van der Waals surface area contributed by atoms with E-state index in [0.717, 1.165) is 18.9 Å². The number of para-hydroxylation sites is 1. The van der Waals surface area contributed by atoms with Crippen LogP contribution in [0.2, 0.25) is 5.02 Å². The number of carbonyl (C=O) groups is 1. The van der Waals surface area contributed by atoms with E-state index < -0.39 is 47.0 Å². The molecule has 0 aliphatic carbocycles. The number of carboxylic acid groups (broad SMARTS) is 1. The Morgan fingerprint density at radius 3 is 2.47 bits per heavy atom. The summed E-state index contributed by atoms with van der Waals surface area (Å²) in [6, 6.07) is 7.69. The van der Waals surface area contributed by atoms with Gasteiger partial charge in [-0.05, 0) is 29.8 Å². The van der Waals surface area contributed by atoms with Crippen LogP contribution >= 0.6 is 23.4 Å². The van der Waals surface area contributed by atoms with Crippen LogP contribution in [0.15, 0.2) is 36.4 Å². The number of ether oxygens (including phenoxy) is 2. The Hall–Kier alpha value is -3.13. The van der Waals surface area contributed by atoms with Crippen LogP contribution in [0, 0.1) is 0 Å².